The van der Waals surface area contributed by atoms with Gasteiger partial charge >= 0.3 is 6.16 Å². The van der Waals surface area contributed by atoms with Crippen LogP contribution in [0.3, 0.4) is 0 Å². The van der Waals surface area contributed by atoms with Crippen molar-refractivity contribution in [1.82, 2.24) is 0 Å². The molecule has 4 heteroatoms. The zero-order valence-corrected chi connectivity index (χ0v) is 25.9. The highest BCUT2D eigenvalue weighted by atomic mass is 79.9. The molecule has 0 aliphatic heterocycles. The Balaban J connectivity index is 1.21. The number of allylic oxidation sites excluding steroid dienone is 1. The predicted octanol–water partition coefficient (Wildman–Crippen LogP) is 10.4. The largest absolute Gasteiger partial charge is 0.514 e. The number of benzene rings is 1. The first kappa shape index (κ1) is 28.2. The van der Waals surface area contributed by atoms with Gasteiger partial charge in [0.25, 0.3) is 0 Å². The van der Waals surface area contributed by atoms with Crippen LogP contribution in [-0.4, -0.2) is 12.3 Å². The Morgan fingerprint density at radius 2 is 1.76 bits per heavy atom. The molecule has 5 rings (SSSR count). The van der Waals surface area contributed by atoms with Crippen LogP contribution >= 0.6 is 15.9 Å². The maximum atomic E-state index is 12.5. The first-order valence-electron chi connectivity index (χ1n) is 15.4. The third kappa shape index (κ3) is 5.50. The third-order valence-corrected chi connectivity index (χ3v) is 12.1. The molecule has 0 heterocycles. The molecular formula is C34H49BrO3. The van der Waals surface area contributed by atoms with Gasteiger partial charge in [0.05, 0.1) is 0 Å². The number of carbonyl (C=O) groups is 1. The summed E-state index contributed by atoms with van der Waals surface area (Å²) in [6.07, 6.45) is 15.9. The Labute approximate surface area is 239 Å². The SMILES string of the molecule is CC(C)CCC[C@@H](C)[C@@H]1CC[C@H]2[C@H]3CC=C4C[C@@H](OC(=O)Oc5ccc(Br)cc5)CC[C@]4(C)[C@@H]3CC[C@@]21C. The van der Waals surface area contributed by atoms with Crippen molar-refractivity contribution in [2.75, 3.05) is 0 Å². The molecule has 0 radical (unpaired) electrons. The van der Waals surface area contributed by atoms with Gasteiger partial charge in [-0.2, -0.15) is 0 Å². The molecule has 3 saturated carbocycles. The Morgan fingerprint density at radius 1 is 1.00 bits per heavy atom. The molecule has 8 atom stereocenters. The lowest BCUT2D eigenvalue weighted by atomic mass is 9.47. The van der Waals surface area contributed by atoms with Crippen molar-refractivity contribution in [2.45, 2.75) is 111 Å². The summed E-state index contributed by atoms with van der Waals surface area (Å²) in [4.78, 5) is 12.5. The highest BCUT2D eigenvalue weighted by molar-refractivity contribution is 9.10. The molecule has 0 spiro atoms. The zero-order chi connectivity index (χ0) is 27.1. The van der Waals surface area contributed by atoms with Gasteiger partial charge in [0.15, 0.2) is 0 Å². The number of hydrogen-bond donors (Lipinski definition) is 0. The van der Waals surface area contributed by atoms with Crippen molar-refractivity contribution in [3.8, 4) is 5.75 Å². The lowest BCUT2D eigenvalue weighted by Gasteiger charge is -2.58. The summed E-state index contributed by atoms with van der Waals surface area (Å²) in [5.74, 6) is 5.60. The summed E-state index contributed by atoms with van der Waals surface area (Å²) in [5.41, 5.74) is 2.34. The fourth-order valence-corrected chi connectivity index (χ4v) is 9.78. The molecule has 0 bridgehead atoms. The fraction of sp³-hybridized carbons (Fsp3) is 0.735. The number of ether oxygens (including phenoxy) is 2. The molecule has 3 fully saturated rings. The Hall–Kier alpha value is -1.29. The molecule has 38 heavy (non-hydrogen) atoms. The molecule has 0 aromatic heterocycles. The average Bonchev–Trinajstić information content (AvgIpc) is 3.23. The van der Waals surface area contributed by atoms with E-state index in [1.54, 1.807) is 17.7 Å². The minimum atomic E-state index is -0.580. The maximum absolute atomic E-state index is 12.5. The van der Waals surface area contributed by atoms with E-state index >= 15 is 0 Å². The number of halogens is 1. The first-order chi connectivity index (χ1) is 18.1. The van der Waals surface area contributed by atoms with Crippen molar-refractivity contribution >= 4 is 22.1 Å². The minimum absolute atomic E-state index is 0.0785. The number of rotatable bonds is 7. The highest BCUT2D eigenvalue weighted by Crippen LogP contribution is 2.67. The van der Waals surface area contributed by atoms with Gasteiger partial charge in [-0.1, -0.05) is 81.5 Å². The second-order valence-electron chi connectivity index (χ2n) is 14.1. The zero-order valence-electron chi connectivity index (χ0n) is 24.3. The van der Waals surface area contributed by atoms with E-state index in [0.717, 1.165) is 59.2 Å². The molecule has 0 N–H and O–H groups in total. The highest BCUT2D eigenvalue weighted by Gasteiger charge is 2.59. The molecule has 210 valence electrons. The standard InChI is InChI=1S/C34H49BrO3/c1-22(2)7-6-8-23(3)29-15-16-30-28-14-9-24-21-27(38-32(36)37-26-12-10-25(35)11-13-26)17-19-33(24,4)31(28)18-20-34(29,30)5/h9-13,22-23,27-31H,6-8,14-21H2,1-5H3/t23-,27+,28-,29+,30+,31-,33+,34-/m1/s1. The molecule has 1 aromatic carbocycles. The molecule has 3 nitrogen and oxygen atoms in total. The van der Waals surface area contributed by atoms with Crippen molar-refractivity contribution in [3.05, 3.63) is 40.4 Å². The van der Waals surface area contributed by atoms with Crippen LogP contribution < -0.4 is 4.74 Å². The molecule has 0 unspecified atom stereocenters. The molecular weight excluding hydrogens is 536 g/mol. The molecule has 0 amide bonds. The van der Waals surface area contributed by atoms with Crippen molar-refractivity contribution in [1.29, 1.82) is 0 Å². The maximum Gasteiger partial charge on any atom is 0.514 e. The van der Waals surface area contributed by atoms with Crippen LogP contribution in [-0.2, 0) is 4.74 Å². The van der Waals surface area contributed by atoms with Gasteiger partial charge < -0.3 is 9.47 Å². The molecule has 4 aliphatic carbocycles. The number of carbonyl (C=O) groups excluding carboxylic acids is 1. The quantitative estimate of drug-likeness (QED) is 0.181. The summed E-state index contributed by atoms with van der Waals surface area (Å²) < 4.78 is 12.2. The van der Waals surface area contributed by atoms with E-state index in [1.807, 2.05) is 12.1 Å². The molecule has 0 saturated heterocycles. The van der Waals surface area contributed by atoms with E-state index < -0.39 is 6.16 Å². The van der Waals surface area contributed by atoms with E-state index in [0.29, 0.717) is 11.2 Å². The van der Waals surface area contributed by atoms with E-state index in [-0.39, 0.29) is 11.5 Å². The first-order valence-corrected chi connectivity index (χ1v) is 16.2. The summed E-state index contributed by atoms with van der Waals surface area (Å²) in [5, 5.41) is 0. The van der Waals surface area contributed by atoms with Gasteiger partial charge in [0, 0.05) is 10.9 Å². The minimum Gasteiger partial charge on any atom is -0.430 e. The van der Waals surface area contributed by atoms with Crippen LogP contribution in [0.15, 0.2) is 40.4 Å². The Kier molecular flexibility index (Phi) is 8.40. The predicted molar refractivity (Wildman–Crippen MR) is 158 cm³/mol. The van der Waals surface area contributed by atoms with Crippen LogP contribution in [0.25, 0.3) is 0 Å². The van der Waals surface area contributed by atoms with E-state index in [4.69, 9.17) is 9.47 Å². The Bertz CT molecular complexity index is 1020. The third-order valence-electron chi connectivity index (χ3n) is 11.5. The fourth-order valence-electron chi connectivity index (χ4n) is 9.51. The van der Waals surface area contributed by atoms with Gasteiger partial charge in [-0.3, -0.25) is 0 Å². The van der Waals surface area contributed by atoms with E-state index in [9.17, 15) is 4.79 Å². The normalized spacial score (nSPS) is 37.0. The van der Waals surface area contributed by atoms with Crippen LogP contribution in [0, 0.1) is 46.3 Å². The summed E-state index contributed by atoms with van der Waals surface area (Å²) in [7, 11) is 0. The summed E-state index contributed by atoms with van der Waals surface area (Å²) in [6.45, 7) is 12.5. The summed E-state index contributed by atoms with van der Waals surface area (Å²) >= 11 is 3.42. The van der Waals surface area contributed by atoms with Crippen LogP contribution in [0.4, 0.5) is 4.79 Å². The van der Waals surface area contributed by atoms with Gasteiger partial charge in [0.1, 0.15) is 11.9 Å². The van der Waals surface area contributed by atoms with Gasteiger partial charge in [-0.05, 0) is 116 Å². The van der Waals surface area contributed by atoms with Crippen LogP contribution in [0.1, 0.15) is 105 Å². The van der Waals surface area contributed by atoms with Gasteiger partial charge in [-0.25, -0.2) is 4.79 Å². The van der Waals surface area contributed by atoms with E-state index in [1.165, 1.54) is 51.4 Å². The van der Waals surface area contributed by atoms with Crippen molar-refractivity contribution < 1.29 is 14.3 Å². The number of fused-ring (bicyclic) bond motifs is 5. The van der Waals surface area contributed by atoms with Crippen molar-refractivity contribution in [2.24, 2.45) is 46.3 Å². The lowest BCUT2D eigenvalue weighted by Crippen LogP contribution is -2.51. The monoisotopic (exact) mass is 584 g/mol. The average molecular weight is 586 g/mol. The molecule has 4 aliphatic rings. The van der Waals surface area contributed by atoms with Crippen molar-refractivity contribution in [3.63, 3.8) is 0 Å². The molecule has 1 aromatic rings. The Morgan fingerprint density at radius 3 is 2.50 bits per heavy atom. The van der Waals surface area contributed by atoms with Gasteiger partial charge in [-0.15, -0.1) is 0 Å². The number of hydrogen-bond acceptors (Lipinski definition) is 3. The van der Waals surface area contributed by atoms with E-state index in [2.05, 4.69) is 56.6 Å². The smallest absolute Gasteiger partial charge is 0.430 e. The van der Waals surface area contributed by atoms with Crippen LogP contribution in [0.2, 0.25) is 0 Å². The summed E-state index contributed by atoms with van der Waals surface area (Å²) in [6, 6.07) is 7.30. The topological polar surface area (TPSA) is 35.5 Å². The van der Waals surface area contributed by atoms with Gasteiger partial charge in [0.2, 0.25) is 0 Å². The van der Waals surface area contributed by atoms with Crippen LogP contribution in [0.5, 0.6) is 5.75 Å². The second-order valence-corrected chi connectivity index (χ2v) is 15.0. The second kappa shape index (κ2) is 11.3. The lowest BCUT2D eigenvalue weighted by molar-refractivity contribution is -0.0597.